The van der Waals surface area contributed by atoms with E-state index in [1.54, 1.807) is 6.20 Å². The highest BCUT2D eigenvalue weighted by atomic mass is 79.9. The minimum absolute atomic E-state index is 0.129. The van der Waals surface area contributed by atoms with Crippen molar-refractivity contribution >= 4 is 38.6 Å². The largest absolute Gasteiger partial charge is 0.368 e. The lowest BCUT2D eigenvalue weighted by Gasteiger charge is -2.11. The molecule has 1 aliphatic rings. The third-order valence-corrected chi connectivity index (χ3v) is 3.81. The van der Waals surface area contributed by atoms with Crippen molar-refractivity contribution < 1.29 is 9.53 Å². The summed E-state index contributed by atoms with van der Waals surface area (Å²) in [5.74, 6) is 0.401. The van der Waals surface area contributed by atoms with E-state index in [0.717, 1.165) is 28.2 Å². The summed E-state index contributed by atoms with van der Waals surface area (Å²) in [6.07, 6.45) is 4.90. The van der Waals surface area contributed by atoms with E-state index in [2.05, 4.69) is 31.2 Å². The van der Waals surface area contributed by atoms with Gasteiger partial charge in [0.2, 0.25) is 0 Å². The number of fused-ring (bicyclic) bond motifs is 1. The van der Waals surface area contributed by atoms with Crippen molar-refractivity contribution in [3.63, 3.8) is 0 Å². The number of hydrogen-bond donors (Lipinski definition) is 2. The highest BCUT2D eigenvalue weighted by Crippen LogP contribution is 2.29. The molecule has 0 aliphatic carbocycles. The summed E-state index contributed by atoms with van der Waals surface area (Å²) < 4.78 is 6.12. The summed E-state index contributed by atoms with van der Waals surface area (Å²) in [6.45, 7) is 0.656. The number of amides is 1. The fourth-order valence-corrected chi connectivity index (χ4v) is 2.61. The maximum Gasteiger partial charge on any atom is 0.254 e. The summed E-state index contributed by atoms with van der Waals surface area (Å²) in [5, 5.41) is 3.79. The van der Waals surface area contributed by atoms with E-state index in [9.17, 15) is 4.79 Å². The number of pyridine rings is 1. The van der Waals surface area contributed by atoms with Crippen LogP contribution in [0.3, 0.4) is 0 Å². The van der Waals surface area contributed by atoms with Gasteiger partial charge in [0.25, 0.3) is 5.91 Å². The van der Waals surface area contributed by atoms with Gasteiger partial charge in [-0.3, -0.25) is 4.79 Å². The Kier molecular flexibility index (Phi) is 3.05. The van der Waals surface area contributed by atoms with Crippen LogP contribution in [-0.2, 0) is 9.53 Å². The van der Waals surface area contributed by atoms with Crippen molar-refractivity contribution in [2.75, 3.05) is 11.9 Å². The van der Waals surface area contributed by atoms with Crippen molar-refractivity contribution in [2.45, 2.75) is 18.9 Å². The van der Waals surface area contributed by atoms with Crippen LogP contribution in [0.5, 0.6) is 0 Å². The maximum absolute atomic E-state index is 11.9. The van der Waals surface area contributed by atoms with Gasteiger partial charge >= 0.3 is 0 Å². The van der Waals surface area contributed by atoms with Gasteiger partial charge in [-0.15, -0.1) is 0 Å². The Balaban J connectivity index is 1.85. The Labute approximate surface area is 112 Å². The van der Waals surface area contributed by atoms with Crippen molar-refractivity contribution in [3.05, 3.63) is 22.9 Å². The second kappa shape index (κ2) is 4.70. The highest BCUT2D eigenvalue weighted by molar-refractivity contribution is 9.10. The van der Waals surface area contributed by atoms with Gasteiger partial charge in [0, 0.05) is 18.2 Å². The summed E-state index contributed by atoms with van der Waals surface area (Å²) in [5.41, 5.74) is 0.928. The van der Waals surface area contributed by atoms with Gasteiger partial charge in [0.1, 0.15) is 11.9 Å². The topological polar surface area (TPSA) is 67.0 Å². The molecule has 1 fully saturated rings. The van der Waals surface area contributed by atoms with E-state index in [0.29, 0.717) is 12.4 Å². The van der Waals surface area contributed by atoms with E-state index >= 15 is 0 Å². The fourth-order valence-electron chi connectivity index (χ4n) is 2.06. The van der Waals surface area contributed by atoms with E-state index in [1.807, 2.05) is 12.3 Å². The molecule has 2 aromatic rings. The third-order valence-electron chi connectivity index (χ3n) is 3.01. The maximum atomic E-state index is 11.9. The van der Waals surface area contributed by atoms with Crippen LogP contribution in [-0.4, -0.2) is 28.6 Å². The number of ether oxygens (including phenoxy) is 1. The molecule has 3 rings (SSSR count). The first-order valence-corrected chi connectivity index (χ1v) is 6.59. The molecule has 1 saturated heterocycles. The van der Waals surface area contributed by atoms with Gasteiger partial charge in [0.05, 0.1) is 16.2 Å². The van der Waals surface area contributed by atoms with Crippen LogP contribution in [0.15, 0.2) is 22.9 Å². The third kappa shape index (κ3) is 2.02. The molecule has 18 heavy (non-hydrogen) atoms. The van der Waals surface area contributed by atoms with Gasteiger partial charge < -0.3 is 15.0 Å². The number of carbonyl (C=O) groups is 1. The number of anilines is 1. The first kappa shape index (κ1) is 11.7. The number of hydrogen-bond acceptors (Lipinski definition) is 3. The summed E-state index contributed by atoms with van der Waals surface area (Å²) in [7, 11) is 0. The second-order valence-electron chi connectivity index (χ2n) is 4.22. The Morgan fingerprint density at radius 3 is 3.28 bits per heavy atom. The zero-order chi connectivity index (χ0) is 12.5. The van der Waals surface area contributed by atoms with E-state index < -0.39 is 0 Å². The quantitative estimate of drug-likeness (QED) is 0.895. The van der Waals surface area contributed by atoms with Crippen molar-refractivity contribution in [1.29, 1.82) is 0 Å². The Hall–Kier alpha value is -1.40. The molecule has 6 heteroatoms. The molecular weight excluding hydrogens is 298 g/mol. The first-order chi connectivity index (χ1) is 8.75. The predicted molar refractivity (Wildman–Crippen MR) is 71.4 cm³/mol. The molecule has 0 radical (unpaired) electrons. The summed E-state index contributed by atoms with van der Waals surface area (Å²) in [4.78, 5) is 19.2. The lowest BCUT2D eigenvalue weighted by atomic mass is 10.2. The van der Waals surface area contributed by atoms with Gasteiger partial charge in [-0.25, -0.2) is 4.98 Å². The number of aromatic nitrogens is 2. The average Bonchev–Trinajstić information content (AvgIpc) is 3.02. The number of nitrogens with zero attached hydrogens (tertiary/aromatic N) is 1. The molecule has 1 amide bonds. The minimum Gasteiger partial charge on any atom is -0.368 e. The molecule has 3 heterocycles. The number of carbonyl (C=O) groups excluding carboxylic acids is 1. The molecule has 0 aromatic carbocycles. The highest BCUT2D eigenvalue weighted by Gasteiger charge is 2.24. The smallest absolute Gasteiger partial charge is 0.254 e. The predicted octanol–water partition coefficient (Wildman–Crippen LogP) is 2.44. The van der Waals surface area contributed by atoms with E-state index in [1.165, 1.54) is 0 Å². The number of aromatic amines is 1. The van der Waals surface area contributed by atoms with Crippen LogP contribution in [0, 0.1) is 0 Å². The SMILES string of the molecule is O=C(Nc1ncc2[nH]ccc2c1Br)C1CCCO1. The molecule has 5 nitrogen and oxygen atoms in total. The Bertz CT molecular complexity index is 590. The van der Waals surface area contributed by atoms with Gasteiger partial charge in [-0.1, -0.05) is 0 Å². The van der Waals surface area contributed by atoms with Gasteiger partial charge in [-0.2, -0.15) is 0 Å². The number of H-pyrrole nitrogens is 1. The monoisotopic (exact) mass is 309 g/mol. The molecule has 1 unspecified atom stereocenters. The molecule has 1 atom stereocenters. The average molecular weight is 310 g/mol. The standard InChI is InChI=1S/C12H12BrN3O2/c13-10-7-3-4-14-8(7)6-15-11(10)16-12(17)9-2-1-5-18-9/h3-4,6,9,14H,1-2,5H2,(H,15,16,17). The molecule has 0 spiro atoms. The zero-order valence-corrected chi connectivity index (χ0v) is 11.2. The van der Waals surface area contributed by atoms with Crippen molar-refractivity contribution in [2.24, 2.45) is 0 Å². The van der Waals surface area contributed by atoms with Crippen LogP contribution in [0.4, 0.5) is 5.82 Å². The van der Waals surface area contributed by atoms with Crippen LogP contribution in [0.2, 0.25) is 0 Å². The molecule has 1 aliphatic heterocycles. The van der Waals surface area contributed by atoms with E-state index in [4.69, 9.17) is 4.74 Å². The second-order valence-corrected chi connectivity index (χ2v) is 5.01. The number of nitrogens with one attached hydrogen (secondary N) is 2. The lowest BCUT2D eigenvalue weighted by Crippen LogP contribution is -2.27. The molecule has 2 N–H and O–H groups in total. The zero-order valence-electron chi connectivity index (χ0n) is 9.57. The minimum atomic E-state index is -0.347. The van der Waals surface area contributed by atoms with Crippen LogP contribution in [0.25, 0.3) is 10.9 Å². The normalized spacial score (nSPS) is 19.3. The molecular formula is C12H12BrN3O2. The number of halogens is 1. The number of rotatable bonds is 2. The fraction of sp³-hybridized carbons (Fsp3) is 0.333. The lowest BCUT2D eigenvalue weighted by molar-refractivity contribution is -0.124. The summed E-state index contributed by atoms with van der Waals surface area (Å²) in [6, 6.07) is 1.93. The van der Waals surface area contributed by atoms with Crippen LogP contribution >= 0.6 is 15.9 Å². The van der Waals surface area contributed by atoms with Crippen LogP contribution < -0.4 is 5.32 Å². The molecule has 94 valence electrons. The molecule has 2 aromatic heterocycles. The van der Waals surface area contributed by atoms with Gasteiger partial charge in [-0.05, 0) is 34.8 Å². The molecule has 0 bridgehead atoms. The summed E-state index contributed by atoms with van der Waals surface area (Å²) >= 11 is 3.46. The van der Waals surface area contributed by atoms with Gasteiger partial charge in [0.15, 0.2) is 0 Å². The van der Waals surface area contributed by atoms with Crippen LogP contribution in [0.1, 0.15) is 12.8 Å². The first-order valence-electron chi connectivity index (χ1n) is 5.80. The molecule has 0 saturated carbocycles. The Morgan fingerprint density at radius 2 is 2.50 bits per heavy atom. The van der Waals surface area contributed by atoms with E-state index in [-0.39, 0.29) is 12.0 Å². The van der Waals surface area contributed by atoms with Crippen molar-refractivity contribution in [3.8, 4) is 0 Å². The van der Waals surface area contributed by atoms with Crippen molar-refractivity contribution in [1.82, 2.24) is 9.97 Å². The Morgan fingerprint density at radius 1 is 1.61 bits per heavy atom.